The molecule has 0 aromatic rings. The predicted octanol–water partition coefficient (Wildman–Crippen LogP) is 3.20. The van der Waals surface area contributed by atoms with Crippen LogP contribution in [0.1, 0.15) is 54.4 Å². The summed E-state index contributed by atoms with van der Waals surface area (Å²) in [5.74, 6) is 0. The summed E-state index contributed by atoms with van der Waals surface area (Å²) in [6.07, 6.45) is 2.71. The van der Waals surface area contributed by atoms with E-state index in [-0.39, 0.29) is 0 Å². The SMILES string of the molecule is CCCC[SiH](NCN(CC)CC)C(C)(C)C. The van der Waals surface area contributed by atoms with E-state index >= 15 is 0 Å². The number of nitrogens with zero attached hydrogens (tertiary/aromatic N) is 1. The molecule has 0 aliphatic heterocycles. The third kappa shape index (κ3) is 6.66. The lowest BCUT2D eigenvalue weighted by molar-refractivity contribution is 0.298. The van der Waals surface area contributed by atoms with Crippen molar-refractivity contribution in [3.63, 3.8) is 0 Å². The Morgan fingerprint density at radius 2 is 1.62 bits per heavy atom. The Labute approximate surface area is 104 Å². The number of hydrogen-bond acceptors (Lipinski definition) is 2. The molecule has 0 heterocycles. The van der Waals surface area contributed by atoms with E-state index in [9.17, 15) is 0 Å². The molecule has 0 aromatic heterocycles. The molecule has 0 bridgehead atoms. The van der Waals surface area contributed by atoms with Crippen LogP contribution < -0.4 is 4.98 Å². The molecule has 0 aliphatic rings. The zero-order valence-electron chi connectivity index (χ0n) is 12.3. The Morgan fingerprint density at radius 1 is 1.06 bits per heavy atom. The molecule has 1 atom stereocenters. The molecule has 0 aliphatic carbocycles. The van der Waals surface area contributed by atoms with Gasteiger partial charge in [-0.25, -0.2) is 0 Å². The average Bonchev–Trinajstić information content (AvgIpc) is 2.21. The Kier molecular flexibility index (Phi) is 8.33. The van der Waals surface area contributed by atoms with Gasteiger partial charge in [-0.15, -0.1) is 0 Å². The number of nitrogens with one attached hydrogen (secondary N) is 1. The van der Waals surface area contributed by atoms with E-state index in [1.165, 1.54) is 18.9 Å². The van der Waals surface area contributed by atoms with Gasteiger partial charge in [-0.1, -0.05) is 54.4 Å². The molecule has 98 valence electrons. The molecule has 3 heteroatoms. The minimum atomic E-state index is -0.815. The molecule has 0 saturated carbocycles. The van der Waals surface area contributed by atoms with Gasteiger partial charge in [0.25, 0.3) is 0 Å². The van der Waals surface area contributed by atoms with Gasteiger partial charge in [-0.05, 0) is 24.2 Å². The van der Waals surface area contributed by atoms with Gasteiger partial charge in [0.05, 0.1) is 0 Å². The molecular weight excluding hydrogens is 212 g/mol. The van der Waals surface area contributed by atoms with Gasteiger partial charge in [0.1, 0.15) is 8.96 Å². The Bertz CT molecular complexity index is 162. The van der Waals surface area contributed by atoms with Crippen LogP contribution in [0.4, 0.5) is 0 Å². The maximum Gasteiger partial charge on any atom is 0.115 e. The molecule has 0 rings (SSSR count). The van der Waals surface area contributed by atoms with Crippen molar-refractivity contribution >= 4 is 8.96 Å². The Morgan fingerprint density at radius 3 is 2.00 bits per heavy atom. The molecule has 0 radical (unpaired) electrons. The van der Waals surface area contributed by atoms with Crippen LogP contribution in [0.2, 0.25) is 11.1 Å². The summed E-state index contributed by atoms with van der Waals surface area (Å²) in [5.41, 5.74) is 0. The standard InChI is InChI=1S/C13H32N2Si/c1-7-10-11-16(13(4,5)6)14-12-15(8-2)9-3/h14,16H,7-12H2,1-6H3. The first-order valence-corrected chi connectivity index (χ1v) is 8.88. The van der Waals surface area contributed by atoms with Crippen molar-refractivity contribution in [3.05, 3.63) is 0 Å². The van der Waals surface area contributed by atoms with Gasteiger partial charge in [0.15, 0.2) is 0 Å². The molecule has 0 amide bonds. The fourth-order valence-corrected chi connectivity index (χ4v) is 4.91. The van der Waals surface area contributed by atoms with E-state index < -0.39 is 8.96 Å². The second-order valence-electron chi connectivity index (χ2n) is 5.73. The fourth-order valence-electron chi connectivity index (χ4n) is 1.94. The minimum absolute atomic E-state index is 0.502. The number of hydrogen-bond donors (Lipinski definition) is 1. The van der Waals surface area contributed by atoms with Crippen LogP contribution in [-0.2, 0) is 0 Å². The van der Waals surface area contributed by atoms with E-state index in [1.54, 1.807) is 0 Å². The Balaban J connectivity index is 4.10. The van der Waals surface area contributed by atoms with E-state index in [1.807, 2.05) is 0 Å². The molecule has 1 unspecified atom stereocenters. The van der Waals surface area contributed by atoms with Crippen molar-refractivity contribution < 1.29 is 0 Å². The molecule has 1 N–H and O–H groups in total. The molecule has 0 fully saturated rings. The number of unbranched alkanes of at least 4 members (excludes halogenated alkanes) is 1. The van der Waals surface area contributed by atoms with Crippen LogP contribution in [0.25, 0.3) is 0 Å². The van der Waals surface area contributed by atoms with Crippen molar-refractivity contribution in [1.82, 2.24) is 9.88 Å². The zero-order chi connectivity index (χ0) is 12.6. The summed E-state index contributed by atoms with van der Waals surface area (Å²) in [5, 5.41) is 0.502. The van der Waals surface area contributed by atoms with Crippen LogP contribution in [0, 0.1) is 0 Å². The lowest BCUT2D eigenvalue weighted by Crippen LogP contribution is -2.47. The van der Waals surface area contributed by atoms with Crippen LogP contribution in [0.5, 0.6) is 0 Å². The fraction of sp³-hybridized carbons (Fsp3) is 1.00. The largest absolute Gasteiger partial charge is 0.327 e. The van der Waals surface area contributed by atoms with Crippen LogP contribution in [0.15, 0.2) is 0 Å². The summed E-state index contributed by atoms with van der Waals surface area (Å²) in [6.45, 7) is 17.4. The minimum Gasteiger partial charge on any atom is -0.327 e. The summed E-state index contributed by atoms with van der Waals surface area (Å²) in [6, 6.07) is 1.43. The van der Waals surface area contributed by atoms with Gasteiger partial charge in [-0.2, -0.15) is 0 Å². The molecular formula is C13H32N2Si. The lowest BCUT2D eigenvalue weighted by Gasteiger charge is -2.32. The summed E-state index contributed by atoms with van der Waals surface area (Å²) < 4.78 is 0. The highest BCUT2D eigenvalue weighted by Crippen LogP contribution is 2.28. The van der Waals surface area contributed by atoms with E-state index in [0.717, 1.165) is 19.8 Å². The van der Waals surface area contributed by atoms with Crippen molar-refractivity contribution in [3.8, 4) is 0 Å². The number of rotatable bonds is 8. The molecule has 0 aromatic carbocycles. The first kappa shape index (κ1) is 16.1. The highest BCUT2D eigenvalue weighted by molar-refractivity contribution is 6.59. The third-order valence-corrected chi connectivity index (χ3v) is 7.10. The van der Waals surface area contributed by atoms with Gasteiger partial charge in [0, 0.05) is 6.67 Å². The van der Waals surface area contributed by atoms with Gasteiger partial charge in [-0.3, -0.25) is 4.90 Å². The van der Waals surface area contributed by atoms with E-state index in [2.05, 4.69) is 51.4 Å². The third-order valence-electron chi connectivity index (χ3n) is 3.35. The summed E-state index contributed by atoms with van der Waals surface area (Å²) in [4.78, 5) is 6.33. The second kappa shape index (κ2) is 8.26. The molecule has 16 heavy (non-hydrogen) atoms. The highest BCUT2D eigenvalue weighted by Gasteiger charge is 2.25. The van der Waals surface area contributed by atoms with Crippen molar-refractivity contribution in [1.29, 1.82) is 0 Å². The molecule has 2 nitrogen and oxygen atoms in total. The normalized spacial score (nSPS) is 14.4. The highest BCUT2D eigenvalue weighted by atomic mass is 28.3. The first-order valence-electron chi connectivity index (χ1n) is 6.91. The topological polar surface area (TPSA) is 15.3 Å². The molecule has 0 spiro atoms. The summed E-state index contributed by atoms with van der Waals surface area (Å²) >= 11 is 0. The van der Waals surface area contributed by atoms with Gasteiger partial charge < -0.3 is 4.98 Å². The average molecular weight is 244 g/mol. The Hall–Kier alpha value is 0.137. The second-order valence-corrected chi connectivity index (χ2v) is 9.55. The monoisotopic (exact) mass is 244 g/mol. The maximum absolute atomic E-state index is 3.86. The zero-order valence-corrected chi connectivity index (χ0v) is 13.4. The molecule has 0 saturated heterocycles. The van der Waals surface area contributed by atoms with Gasteiger partial charge in [0.2, 0.25) is 0 Å². The predicted molar refractivity (Wildman–Crippen MR) is 77.5 cm³/mol. The van der Waals surface area contributed by atoms with E-state index in [4.69, 9.17) is 0 Å². The van der Waals surface area contributed by atoms with E-state index in [0.29, 0.717) is 5.04 Å². The smallest absolute Gasteiger partial charge is 0.115 e. The van der Waals surface area contributed by atoms with Crippen LogP contribution >= 0.6 is 0 Å². The quantitative estimate of drug-likeness (QED) is 0.521. The van der Waals surface area contributed by atoms with Crippen molar-refractivity contribution in [2.45, 2.75) is 65.5 Å². The first-order chi connectivity index (χ1) is 7.45. The lowest BCUT2D eigenvalue weighted by atomic mass is 10.2. The summed E-state index contributed by atoms with van der Waals surface area (Å²) in [7, 11) is -0.815. The van der Waals surface area contributed by atoms with Crippen molar-refractivity contribution in [2.24, 2.45) is 0 Å². The maximum atomic E-state index is 3.86. The van der Waals surface area contributed by atoms with Crippen LogP contribution in [0.3, 0.4) is 0 Å². The van der Waals surface area contributed by atoms with Gasteiger partial charge >= 0.3 is 0 Å². The van der Waals surface area contributed by atoms with Crippen molar-refractivity contribution in [2.75, 3.05) is 19.8 Å². The van der Waals surface area contributed by atoms with Crippen LogP contribution in [-0.4, -0.2) is 33.6 Å².